The maximum atomic E-state index is 5.73. The van der Waals surface area contributed by atoms with Crippen LogP contribution in [-0.2, 0) is 12.3 Å². The van der Waals surface area contributed by atoms with Crippen molar-refractivity contribution in [2.75, 3.05) is 12.8 Å². The summed E-state index contributed by atoms with van der Waals surface area (Å²) in [6, 6.07) is 4.19. The lowest BCUT2D eigenvalue weighted by atomic mass is 9.89. The predicted octanol–water partition coefficient (Wildman–Crippen LogP) is 3.81. The van der Waals surface area contributed by atoms with Crippen molar-refractivity contribution in [3.8, 4) is 0 Å². The highest BCUT2D eigenvalue weighted by molar-refractivity contribution is 7.97. The molecule has 0 spiro atoms. The van der Waals surface area contributed by atoms with E-state index in [-0.39, 0.29) is 0 Å². The average molecular weight is 253 g/mol. The molecule has 0 atom stereocenters. The van der Waals surface area contributed by atoms with Gasteiger partial charge in [-0.3, -0.25) is 0 Å². The second-order valence-corrected chi connectivity index (χ2v) is 5.80. The van der Waals surface area contributed by atoms with Crippen LogP contribution in [0.5, 0.6) is 0 Å². The van der Waals surface area contributed by atoms with E-state index in [9.17, 15) is 0 Å². The Morgan fingerprint density at radius 2 is 2.00 bits per heavy atom. The van der Waals surface area contributed by atoms with Crippen molar-refractivity contribution < 1.29 is 4.42 Å². The zero-order chi connectivity index (χ0) is 11.9. The van der Waals surface area contributed by atoms with Gasteiger partial charge in [-0.15, -0.1) is 0 Å². The lowest BCUT2D eigenvalue weighted by Crippen LogP contribution is -2.23. The number of hydrogen-bond acceptors (Lipinski definition) is 3. The molecular formula is C14H23NOS. The second kappa shape index (κ2) is 7.12. The van der Waals surface area contributed by atoms with Gasteiger partial charge in [0.25, 0.3) is 0 Å². The van der Waals surface area contributed by atoms with Crippen LogP contribution in [0.2, 0.25) is 0 Å². The largest absolute Gasteiger partial charge is 0.464 e. The summed E-state index contributed by atoms with van der Waals surface area (Å²) in [5, 5.41) is 3.53. The van der Waals surface area contributed by atoms with Gasteiger partial charge in [0.15, 0.2) is 0 Å². The van der Waals surface area contributed by atoms with Gasteiger partial charge in [0.05, 0.1) is 12.3 Å². The Morgan fingerprint density at radius 3 is 2.76 bits per heavy atom. The standard InChI is InChI=1S/C14H23NOS/c1-17-11-14-8-7-13(16-14)10-15-9-12-5-3-2-4-6-12/h7-8,12,15H,2-6,9-11H2,1H3. The van der Waals surface area contributed by atoms with Crippen molar-refractivity contribution in [2.24, 2.45) is 5.92 Å². The van der Waals surface area contributed by atoms with E-state index in [2.05, 4.69) is 23.7 Å². The first-order valence-corrected chi connectivity index (χ1v) is 8.05. The summed E-state index contributed by atoms with van der Waals surface area (Å²) in [6.07, 6.45) is 9.19. The maximum Gasteiger partial charge on any atom is 0.117 e. The van der Waals surface area contributed by atoms with Gasteiger partial charge in [0.2, 0.25) is 0 Å². The number of thioether (sulfide) groups is 1. The molecule has 0 aliphatic heterocycles. The van der Waals surface area contributed by atoms with Crippen molar-refractivity contribution in [2.45, 2.75) is 44.4 Å². The Bertz CT molecular complexity index is 318. The lowest BCUT2D eigenvalue weighted by Gasteiger charge is -2.21. The SMILES string of the molecule is CSCc1ccc(CNCC2CCCCC2)o1. The molecule has 1 heterocycles. The summed E-state index contributed by atoms with van der Waals surface area (Å²) in [4.78, 5) is 0. The van der Waals surface area contributed by atoms with Crippen molar-refractivity contribution in [3.63, 3.8) is 0 Å². The Balaban J connectivity index is 1.66. The zero-order valence-electron chi connectivity index (χ0n) is 10.7. The molecule has 0 saturated heterocycles. The van der Waals surface area contributed by atoms with Crippen LogP contribution in [0.4, 0.5) is 0 Å². The molecule has 1 aromatic heterocycles. The molecule has 2 nitrogen and oxygen atoms in total. The molecule has 0 bridgehead atoms. The third-order valence-corrected chi connectivity index (χ3v) is 4.03. The summed E-state index contributed by atoms with van der Waals surface area (Å²) < 4.78 is 5.73. The number of furan rings is 1. The first-order valence-electron chi connectivity index (χ1n) is 6.65. The number of rotatable bonds is 6. The molecule has 96 valence electrons. The number of nitrogens with one attached hydrogen (secondary N) is 1. The highest BCUT2D eigenvalue weighted by atomic mass is 32.2. The van der Waals surface area contributed by atoms with Gasteiger partial charge in [-0.25, -0.2) is 0 Å². The van der Waals surface area contributed by atoms with Gasteiger partial charge in [-0.1, -0.05) is 19.3 Å². The summed E-state index contributed by atoms with van der Waals surface area (Å²) >= 11 is 1.80. The third kappa shape index (κ3) is 4.40. The van der Waals surface area contributed by atoms with E-state index in [1.54, 1.807) is 11.8 Å². The van der Waals surface area contributed by atoms with E-state index in [4.69, 9.17) is 4.42 Å². The van der Waals surface area contributed by atoms with Crippen LogP contribution in [0.3, 0.4) is 0 Å². The van der Waals surface area contributed by atoms with Crippen LogP contribution in [0.15, 0.2) is 16.5 Å². The van der Waals surface area contributed by atoms with Crippen molar-refractivity contribution in [3.05, 3.63) is 23.7 Å². The first kappa shape index (κ1) is 13.0. The maximum absolute atomic E-state index is 5.73. The Morgan fingerprint density at radius 1 is 1.24 bits per heavy atom. The Labute approximate surface area is 109 Å². The minimum Gasteiger partial charge on any atom is -0.464 e. The van der Waals surface area contributed by atoms with E-state index in [0.29, 0.717) is 0 Å². The van der Waals surface area contributed by atoms with Gasteiger partial charge < -0.3 is 9.73 Å². The topological polar surface area (TPSA) is 25.2 Å². The van der Waals surface area contributed by atoms with Gasteiger partial charge >= 0.3 is 0 Å². The van der Waals surface area contributed by atoms with E-state index in [0.717, 1.165) is 36.3 Å². The van der Waals surface area contributed by atoms with Gasteiger partial charge in [-0.2, -0.15) is 11.8 Å². The average Bonchev–Trinajstić information content (AvgIpc) is 2.79. The van der Waals surface area contributed by atoms with Crippen molar-refractivity contribution in [1.82, 2.24) is 5.32 Å². The van der Waals surface area contributed by atoms with Crippen LogP contribution in [0, 0.1) is 5.92 Å². The first-order chi connectivity index (χ1) is 8.38. The molecule has 0 amide bonds. The molecule has 0 unspecified atom stereocenters. The molecule has 1 N–H and O–H groups in total. The molecule has 1 aliphatic carbocycles. The highest BCUT2D eigenvalue weighted by Crippen LogP contribution is 2.22. The molecule has 0 radical (unpaired) electrons. The van der Waals surface area contributed by atoms with E-state index in [1.165, 1.54) is 32.1 Å². The molecule has 1 fully saturated rings. The monoisotopic (exact) mass is 253 g/mol. The Kier molecular flexibility index (Phi) is 5.46. The Hall–Kier alpha value is -0.410. The van der Waals surface area contributed by atoms with Gasteiger partial charge in [0, 0.05) is 0 Å². The fourth-order valence-electron chi connectivity index (χ4n) is 2.53. The lowest BCUT2D eigenvalue weighted by molar-refractivity contribution is 0.335. The summed E-state index contributed by atoms with van der Waals surface area (Å²) in [7, 11) is 0. The van der Waals surface area contributed by atoms with E-state index in [1.807, 2.05) is 0 Å². The molecule has 1 aromatic rings. The minimum atomic E-state index is 0.880. The van der Waals surface area contributed by atoms with Crippen LogP contribution in [0.25, 0.3) is 0 Å². The molecule has 3 heteroatoms. The third-order valence-electron chi connectivity index (χ3n) is 3.46. The minimum absolute atomic E-state index is 0.880. The molecule has 0 aromatic carbocycles. The van der Waals surface area contributed by atoms with Crippen LogP contribution >= 0.6 is 11.8 Å². The predicted molar refractivity (Wildman–Crippen MR) is 74.2 cm³/mol. The second-order valence-electron chi connectivity index (χ2n) is 4.94. The summed E-state index contributed by atoms with van der Waals surface area (Å²) in [6.45, 7) is 2.03. The van der Waals surface area contributed by atoms with Crippen molar-refractivity contribution in [1.29, 1.82) is 0 Å². The van der Waals surface area contributed by atoms with E-state index >= 15 is 0 Å². The van der Waals surface area contributed by atoms with E-state index < -0.39 is 0 Å². The van der Waals surface area contributed by atoms with Crippen molar-refractivity contribution >= 4 is 11.8 Å². The smallest absolute Gasteiger partial charge is 0.117 e. The fourth-order valence-corrected chi connectivity index (χ4v) is 2.97. The molecular weight excluding hydrogens is 230 g/mol. The van der Waals surface area contributed by atoms with Crippen LogP contribution in [0.1, 0.15) is 43.6 Å². The normalized spacial score (nSPS) is 17.5. The molecule has 1 aliphatic rings. The molecule has 2 rings (SSSR count). The fraction of sp³-hybridized carbons (Fsp3) is 0.714. The van der Waals surface area contributed by atoms with Gasteiger partial charge in [-0.05, 0) is 43.7 Å². The molecule has 1 saturated carbocycles. The zero-order valence-corrected chi connectivity index (χ0v) is 11.5. The number of hydrogen-bond donors (Lipinski definition) is 1. The molecule has 17 heavy (non-hydrogen) atoms. The summed E-state index contributed by atoms with van der Waals surface area (Å²) in [5.74, 6) is 4.03. The van der Waals surface area contributed by atoms with Crippen LogP contribution in [-0.4, -0.2) is 12.8 Å². The van der Waals surface area contributed by atoms with Crippen LogP contribution < -0.4 is 5.32 Å². The quantitative estimate of drug-likeness (QED) is 0.834. The summed E-state index contributed by atoms with van der Waals surface area (Å²) in [5.41, 5.74) is 0. The van der Waals surface area contributed by atoms with Gasteiger partial charge in [0.1, 0.15) is 11.5 Å². The highest BCUT2D eigenvalue weighted by Gasteiger charge is 2.12.